The number of likely N-dealkylation sites (tertiary alicyclic amines) is 1. The van der Waals surface area contributed by atoms with Crippen molar-refractivity contribution in [2.45, 2.75) is 57.0 Å². The lowest BCUT2D eigenvalue weighted by Crippen LogP contribution is -2.53. The van der Waals surface area contributed by atoms with Crippen molar-refractivity contribution in [3.05, 3.63) is 29.3 Å². The number of hydrogen-bond acceptors (Lipinski definition) is 7. The van der Waals surface area contributed by atoms with Gasteiger partial charge in [0.25, 0.3) is 0 Å². The molecule has 1 aliphatic carbocycles. The number of nitrogens with zero attached hydrogens (tertiary/aromatic N) is 4. The van der Waals surface area contributed by atoms with E-state index in [1.807, 2.05) is 13.1 Å². The number of nitrogens with two attached hydrogens (primary N) is 1. The molecule has 2 atom stereocenters. The molecule has 2 unspecified atom stereocenters. The average Bonchev–Trinajstić information content (AvgIpc) is 3.37. The second-order valence-corrected chi connectivity index (χ2v) is 10.8. The summed E-state index contributed by atoms with van der Waals surface area (Å²) in [6, 6.07) is 6.98. The van der Waals surface area contributed by atoms with Gasteiger partial charge in [-0.15, -0.1) is 10.2 Å². The van der Waals surface area contributed by atoms with Gasteiger partial charge < -0.3 is 25.8 Å². The van der Waals surface area contributed by atoms with Crippen LogP contribution in [0.3, 0.4) is 0 Å². The van der Waals surface area contributed by atoms with Crippen molar-refractivity contribution in [1.82, 2.24) is 25.0 Å². The van der Waals surface area contributed by atoms with Gasteiger partial charge >= 0.3 is 6.18 Å². The molecule has 1 saturated heterocycles. The van der Waals surface area contributed by atoms with E-state index in [2.05, 4.69) is 25.7 Å². The first-order chi connectivity index (χ1) is 17.2. The third-order valence-electron chi connectivity index (χ3n) is 7.06. The molecule has 1 aromatic carbocycles. The molecule has 1 amide bonds. The molecule has 0 bridgehead atoms. The van der Waals surface area contributed by atoms with Crippen LogP contribution in [-0.2, 0) is 17.9 Å². The Kier molecular flexibility index (Phi) is 6.92. The van der Waals surface area contributed by atoms with E-state index in [1.165, 1.54) is 15.9 Å². The molecule has 36 heavy (non-hydrogen) atoms. The fourth-order valence-corrected chi connectivity index (χ4v) is 5.68. The molecule has 2 aromatic heterocycles. The standard InChI is InChI=1S/C24H30F3N7OS/c1-33-9-8-18(16(28)12-33)30-17-6-3-7-19-15(17)10-20(34(19)13-24(25,26)27)23-32-31-21(36-23)11-29-22(35)14-4-2-5-14/h3,6-7,10,14,16,18,30H,2,4-5,8-9,11-13,28H2,1H3,(H,29,35). The highest BCUT2D eigenvalue weighted by Gasteiger charge is 2.32. The molecule has 1 saturated carbocycles. The molecule has 0 spiro atoms. The van der Waals surface area contributed by atoms with Gasteiger partial charge in [0.1, 0.15) is 11.6 Å². The molecular formula is C24H30F3N7OS. The molecule has 0 radical (unpaired) electrons. The number of amides is 1. The lowest BCUT2D eigenvalue weighted by Gasteiger charge is -2.35. The third-order valence-corrected chi connectivity index (χ3v) is 8.01. The number of rotatable bonds is 7. The Hall–Kier alpha value is -2.70. The smallest absolute Gasteiger partial charge is 0.380 e. The van der Waals surface area contributed by atoms with Gasteiger partial charge in [0.05, 0.1) is 17.8 Å². The summed E-state index contributed by atoms with van der Waals surface area (Å²) in [5, 5.41) is 16.3. The van der Waals surface area contributed by atoms with Crippen LogP contribution in [0.4, 0.5) is 18.9 Å². The number of anilines is 1. The van der Waals surface area contributed by atoms with E-state index < -0.39 is 12.7 Å². The fourth-order valence-electron chi connectivity index (χ4n) is 4.87. The Balaban J connectivity index is 1.44. The summed E-state index contributed by atoms with van der Waals surface area (Å²) in [5.74, 6) is 0.0438. The van der Waals surface area contributed by atoms with Gasteiger partial charge in [-0.3, -0.25) is 4.79 Å². The summed E-state index contributed by atoms with van der Waals surface area (Å²) in [5.41, 5.74) is 7.90. The second-order valence-electron chi connectivity index (χ2n) is 9.78. The lowest BCUT2D eigenvalue weighted by atomic mass is 9.85. The first-order valence-electron chi connectivity index (χ1n) is 12.2. The van der Waals surface area contributed by atoms with E-state index in [9.17, 15) is 18.0 Å². The summed E-state index contributed by atoms with van der Waals surface area (Å²) in [6.45, 7) is 0.717. The van der Waals surface area contributed by atoms with E-state index in [-0.39, 0.29) is 30.5 Å². The second kappa shape index (κ2) is 9.98. The monoisotopic (exact) mass is 521 g/mol. The quantitative estimate of drug-likeness (QED) is 0.440. The number of halogens is 3. The summed E-state index contributed by atoms with van der Waals surface area (Å²) in [4.78, 5) is 14.3. The number of benzene rings is 1. The molecular weight excluding hydrogens is 491 g/mol. The number of aromatic nitrogens is 3. The number of carbonyl (C=O) groups is 1. The SMILES string of the molecule is CN1CCC(Nc2cccc3c2cc(-c2nnc(CNC(=O)C4CCC4)s2)n3CC(F)(F)F)C(N)C1. The number of fused-ring (bicyclic) bond motifs is 1. The number of alkyl halides is 3. The van der Waals surface area contributed by atoms with Crippen molar-refractivity contribution >= 4 is 33.8 Å². The highest BCUT2D eigenvalue weighted by molar-refractivity contribution is 7.14. The van der Waals surface area contributed by atoms with E-state index in [4.69, 9.17) is 5.73 Å². The van der Waals surface area contributed by atoms with Crippen LogP contribution >= 0.6 is 11.3 Å². The summed E-state index contributed by atoms with van der Waals surface area (Å²) >= 11 is 1.19. The van der Waals surface area contributed by atoms with Crippen molar-refractivity contribution in [1.29, 1.82) is 0 Å². The average molecular weight is 522 g/mol. The summed E-state index contributed by atoms with van der Waals surface area (Å²) < 4.78 is 42.0. The number of hydrogen-bond donors (Lipinski definition) is 3. The first-order valence-corrected chi connectivity index (χ1v) is 13.0. The molecule has 4 N–H and O–H groups in total. The predicted molar refractivity (Wildman–Crippen MR) is 134 cm³/mol. The molecule has 12 heteroatoms. The van der Waals surface area contributed by atoms with Crippen molar-refractivity contribution in [2.24, 2.45) is 11.7 Å². The van der Waals surface area contributed by atoms with Crippen molar-refractivity contribution in [2.75, 3.05) is 25.5 Å². The topological polar surface area (TPSA) is 101 Å². The molecule has 194 valence electrons. The third kappa shape index (κ3) is 5.35. The highest BCUT2D eigenvalue weighted by Crippen LogP contribution is 2.36. The van der Waals surface area contributed by atoms with Crippen LogP contribution in [0, 0.1) is 5.92 Å². The molecule has 5 rings (SSSR count). The Bertz CT molecular complexity index is 1240. The molecule has 3 aromatic rings. The van der Waals surface area contributed by atoms with Gasteiger partial charge in [-0.2, -0.15) is 13.2 Å². The molecule has 8 nitrogen and oxygen atoms in total. The van der Waals surface area contributed by atoms with Gasteiger partial charge in [-0.05, 0) is 51.1 Å². The summed E-state index contributed by atoms with van der Waals surface area (Å²) in [7, 11) is 2.02. The van der Waals surface area contributed by atoms with Gasteiger partial charge in [0.15, 0.2) is 5.01 Å². The molecule has 1 aliphatic heterocycles. The van der Waals surface area contributed by atoms with E-state index in [1.54, 1.807) is 18.2 Å². The minimum Gasteiger partial charge on any atom is -0.380 e. The Morgan fingerprint density at radius 3 is 2.75 bits per heavy atom. The number of likely N-dealkylation sites (N-methyl/N-ethyl adjacent to an activating group) is 1. The Morgan fingerprint density at radius 2 is 2.06 bits per heavy atom. The Morgan fingerprint density at radius 1 is 1.25 bits per heavy atom. The van der Waals surface area contributed by atoms with Crippen molar-refractivity contribution in [3.63, 3.8) is 0 Å². The van der Waals surface area contributed by atoms with E-state index in [0.29, 0.717) is 26.6 Å². The zero-order valence-electron chi connectivity index (χ0n) is 20.0. The van der Waals surface area contributed by atoms with Crippen LogP contribution in [-0.4, -0.2) is 64.0 Å². The van der Waals surface area contributed by atoms with Crippen LogP contribution in [0.25, 0.3) is 21.6 Å². The maximum Gasteiger partial charge on any atom is 0.406 e. The van der Waals surface area contributed by atoms with Crippen LogP contribution in [0.1, 0.15) is 30.7 Å². The zero-order chi connectivity index (χ0) is 25.4. The van der Waals surface area contributed by atoms with E-state index >= 15 is 0 Å². The fraction of sp³-hybridized carbons (Fsp3) is 0.542. The minimum absolute atomic E-state index is 0.00739. The largest absolute Gasteiger partial charge is 0.406 e. The van der Waals surface area contributed by atoms with Crippen molar-refractivity contribution in [3.8, 4) is 10.7 Å². The Labute approximate surface area is 211 Å². The van der Waals surface area contributed by atoms with Crippen LogP contribution in [0.15, 0.2) is 24.3 Å². The highest BCUT2D eigenvalue weighted by atomic mass is 32.1. The molecule has 2 aliphatic rings. The van der Waals surface area contributed by atoms with Gasteiger partial charge in [-0.1, -0.05) is 23.8 Å². The van der Waals surface area contributed by atoms with Crippen LogP contribution < -0.4 is 16.4 Å². The number of piperidine rings is 1. The first kappa shape index (κ1) is 25.0. The van der Waals surface area contributed by atoms with Gasteiger partial charge in [0, 0.05) is 35.6 Å². The number of carbonyl (C=O) groups excluding carboxylic acids is 1. The normalized spacial score (nSPS) is 21.5. The van der Waals surface area contributed by atoms with Gasteiger partial charge in [-0.25, -0.2) is 0 Å². The maximum atomic E-state index is 13.6. The molecule has 3 heterocycles. The molecule has 2 fully saturated rings. The van der Waals surface area contributed by atoms with E-state index in [0.717, 1.165) is 44.5 Å². The maximum absolute atomic E-state index is 13.6. The van der Waals surface area contributed by atoms with Crippen molar-refractivity contribution < 1.29 is 18.0 Å². The lowest BCUT2D eigenvalue weighted by molar-refractivity contribution is -0.139. The zero-order valence-corrected chi connectivity index (χ0v) is 20.8. The predicted octanol–water partition coefficient (Wildman–Crippen LogP) is 3.58. The number of nitrogens with one attached hydrogen (secondary N) is 2. The van der Waals surface area contributed by atoms with Crippen LogP contribution in [0.2, 0.25) is 0 Å². The van der Waals surface area contributed by atoms with Gasteiger partial charge in [0.2, 0.25) is 5.91 Å². The minimum atomic E-state index is -4.41. The summed E-state index contributed by atoms with van der Waals surface area (Å²) in [6.07, 6.45) is -0.722. The van der Waals surface area contributed by atoms with Crippen LogP contribution in [0.5, 0.6) is 0 Å².